The smallest absolute Gasteiger partial charge is 0.126 e. The van der Waals surface area contributed by atoms with Crippen LogP contribution in [0.25, 0.3) is 0 Å². The van der Waals surface area contributed by atoms with Crippen molar-refractivity contribution in [1.82, 2.24) is 0 Å². The van der Waals surface area contributed by atoms with Gasteiger partial charge in [-0.05, 0) is 48.8 Å². The van der Waals surface area contributed by atoms with Crippen LogP contribution in [0.5, 0.6) is 0 Å². The summed E-state index contributed by atoms with van der Waals surface area (Å²) in [6, 6.07) is 6.00. The van der Waals surface area contributed by atoms with Crippen LogP contribution >= 0.6 is 0 Å². The van der Waals surface area contributed by atoms with Gasteiger partial charge in [-0.25, -0.2) is 4.39 Å². The molecule has 1 aromatic rings. The second-order valence-electron chi connectivity index (χ2n) is 6.76. The molecule has 110 valence electrons. The van der Waals surface area contributed by atoms with Crippen molar-refractivity contribution in [1.29, 1.82) is 0 Å². The fraction of sp³-hybridized carbons (Fsp3) is 0.667. The first-order chi connectivity index (χ1) is 9.75. The van der Waals surface area contributed by atoms with Crippen molar-refractivity contribution >= 4 is 0 Å². The lowest BCUT2D eigenvalue weighted by Gasteiger charge is -2.29. The summed E-state index contributed by atoms with van der Waals surface area (Å²) in [6.45, 7) is 0.648. The number of hydrogen-bond donors (Lipinski definition) is 1. The lowest BCUT2D eigenvalue weighted by atomic mass is 9.77. The van der Waals surface area contributed by atoms with Crippen LogP contribution in [0.1, 0.15) is 74.8 Å². The lowest BCUT2D eigenvalue weighted by molar-refractivity contribution is 0.424. The first-order valence-electron chi connectivity index (χ1n) is 8.25. The summed E-state index contributed by atoms with van der Waals surface area (Å²) in [7, 11) is 0. The normalized spacial score (nSPS) is 23.1. The van der Waals surface area contributed by atoms with E-state index in [1.54, 1.807) is 6.07 Å². The van der Waals surface area contributed by atoms with Gasteiger partial charge in [0.25, 0.3) is 0 Å². The van der Waals surface area contributed by atoms with Crippen molar-refractivity contribution < 1.29 is 4.39 Å². The van der Waals surface area contributed by atoms with Crippen LogP contribution in [0.2, 0.25) is 0 Å². The standard InChI is InChI=1S/C18H26FN/c19-17-12-15(18(13-20)10-4-5-11-18)8-9-16(17)14-6-2-1-3-7-14/h8-9,12,14H,1-7,10-11,13,20H2. The Labute approximate surface area is 121 Å². The van der Waals surface area contributed by atoms with Crippen molar-refractivity contribution in [2.75, 3.05) is 6.54 Å². The van der Waals surface area contributed by atoms with Gasteiger partial charge in [-0.1, -0.05) is 44.2 Å². The Balaban J connectivity index is 1.86. The lowest BCUT2D eigenvalue weighted by Crippen LogP contribution is -2.32. The van der Waals surface area contributed by atoms with E-state index in [9.17, 15) is 4.39 Å². The third-order valence-corrected chi connectivity index (χ3v) is 5.61. The molecule has 0 spiro atoms. The monoisotopic (exact) mass is 275 g/mol. The van der Waals surface area contributed by atoms with Crippen LogP contribution in [0.15, 0.2) is 18.2 Å². The second-order valence-corrected chi connectivity index (χ2v) is 6.76. The first-order valence-corrected chi connectivity index (χ1v) is 8.25. The number of nitrogens with two attached hydrogens (primary N) is 1. The zero-order valence-corrected chi connectivity index (χ0v) is 12.3. The molecule has 0 aliphatic heterocycles. The predicted octanol–water partition coefficient (Wildman–Crippen LogP) is 4.64. The van der Waals surface area contributed by atoms with Gasteiger partial charge in [-0.15, -0.1) is 0 Å². The van der Waals surface area contributed by atoms with Gasteiger partial charge < -0.3 is 5.73 Å². The van der Waals surface area contributed by atoms with E-state index >= 15 is 0 Å². The van der Waals surface area contributed by atoms with Gasteiger partial charge in [0.1, 0.15) is 5.82 Å². The zero-order valence-electron chi connectivity index (χ0n) is 12.3. The summed E-state index contributed by atoms with van der Waals surface area (Å²) < 4.78 is 14.6. The van der Waals surface area contributed by atoms with Crippen molar-refractivity contribution in [3.63, 3.8) is 0 Å². The minimum absolute atomic E-state index is 0.00845. The van der Waals surface area contributed by atoms with Crippen LogP contribution in [0, 0.1) is 5.82 Å². The molecule has 0 aromatic heterocycles. The second kappa shape index (κ2) is 5.85. The SMILES string of the molecule is NCC1(c2ccc(C3CCCCC3)c(F)c2)CCCC1. The van der Waals surface area contributed by atoms with Gasteiger partial charge in [0, 0.05) is 12.0 Å². The Kier molecular flexibility index (Phi) is 4.11. The molecule has 1 nitrogen and oxygen atoms in total. The molecule has 0 amide bonds. The highest BCUT2D eigenvalue weighted by Crippen LogP contribution is 2.42. The summed E-state index contributed by atoms with van der Waals surface area (Å²) in [5.41, 5.74) is 8.13. The van der Waals surface area contributed by atoms with E-state index in [0.29, 0.717) is 12.5 Å². The van der Waals surface area contributed by atoms with Crippen molar-refractivity contribution in [3.8, 4) is 0 Å². The van der Waals surface area contributed by atoms with E-state index in [0.717, 1.165) is 36.8 Å². The summed E-state index contributed by atoms with van der Waals surface area (Å²) in [6.07, 6.45) is 10.8. The van der Waals surface area contributed by atoms with Crippen molar-refractivity contribution in [3.05, 3.63) is 35.1 Å². The van der Waals surface area contributed by atoms with E-state index in [1.807, 2.05) is 0 Å². The topological polar surface area (TPSA) is 26.0 Å². The molecule has 20 heavy (non-hydrogen) atoms. The molecule has 2 heteroatoms. The molecule has 2 saturated carbocycles. The van der Waals surface area contributed by atoms with Crippen LogP contribution in [0.4, 0.5) is 4.39 Å². The van der Waals surface area contributed by atoms with E-state index < -0.39 is 0 Å². The molecule has 0 heterocycles. The highest BCUT2D eigenvalue weighted by molar-refractivity contribution is 5.33. The highest BCUT2D eigenvalue weighted by Gasteiger charge is 2.35. The minimum atomic E-state index is 0.00845. The third kappa shape index (κ3) is 2.50. The van der Waals surface area contributed by atoms with Gasteiger partial charge in [-0.2, -0.15) is 0 Å². The van der Waals surface area contributed by atoms with Gasteiger partial charge in [-0.3, -0.25) is 0 Å². The average molecular weight is 275 g/mol. The van der Waals surface area contributed by atoms with Gasteiger partial charge in [0.2, 0.25) is 0 Å². The Morgan fingerprint density at radius 2 is 1.75 bits per heavy atom. The largest absolute Gasteiger partial charge is 0.330 e. The summed E-state index contributed by atoms with van der Waals surface area (Å²) in [5, 5.41) is 0. The average Bonchev–Trinajstić information content (AvgIpc) is 2.98. The fourth-order valence-electron chi connectivity index (χ4n) is 4.26. The maximum absolute atomic E-state index is 14.6. The van der Waals surface area contributed by atoms with E-state index in [4.69, 9.17) is 5.73 Å². The number of halogens is 1. The quantitative estimate of drug-likeness (QED) is 0.854. The molecule has 0 atom stereocenters. The zero-order chi connectivity index (χ0) is 14.0. The van der Waals surface area contributed by atoms with Crippen LogP contribution < -0.4 is 5.73 Å². The first kappa shape index (κ1) is 14.1. The molecule has 0 saturated heterocycles. The Morgan fingerprint density at radius 1 is 1.05 bits per heavy atom. The Bertz CT molecular complexity index is 456. The molecular formula is C18H26FN. The maximum Gasteiger partial charge on any atom is 0.126 e. The number of rotatable bonds is 3. The predicted molar refractivity (Wildman–Crippen MR) is 81.4 cm³/mol. The molecule has 0 unspecified atom stereocenters. The Morgan fingerprint density at radius 3 is 2.35 bits per heavy atom. The molecule has 0 radical (unpaired) electrons. The van der Waals surface area contributed by atoms with Crippen LogP contribution in [-0.4, -0.2) is 6.54 Å². The molecule has 2 N–H and O–H groups in total. The van der Waals surface area contributed by atoms with E-state index in [-0.39, 0.29) is 11.2 Å². The molecule has 0 bridgehead atoms. The van der Waals surface area contributed by atoms with Crippen molar-refractivity contribution in [2.45, 2.75) is 69.1 Å². The molecule has 1 aromatic carbocycles. The van der Waals surface area contributed by atoms with Crippen LogP contribution in [-0.2, 0) is 5.41 Å². The number of benzene rings is 1. The minimum Gasteiger partial charge on any atom is -0.330 e. The van der Waals surface area contributed by atoms with Crippen molar-refractivity contribution in [2.24, 2.45) is 5.73 Å². The molecule has 3 rings (SSSR count). The molecule has 2 aliphatic rings. The van der Waals surface area contributed by atoms with E-state index in [2.05, 4.69) is 12.1 Å². The highest BCUT2D eigenvalue weighted by atomic mass is 19.1. The summed E-state index contributed by atoms with van der Waals surface area (Å²) in [5.74, 6) is 0.448. The Hall–Kier alpha value is -0.890. The van der Waals surface area contributed by atoms with Gasteiger partial charge >= 0.3 is 0 Å². The van der Waals surface area contributed by atoms with E-state index in [1.165, 1.54) is 32.1 Å². The van der Waals surface area contributed by atoms with Gasteiger partial charge in [0.05, 0.1) is 0 Å². The molecule has 2 fully saturated rings. The molecule has 2 aliphatic carbocycles. The summed E-state index contributed by atoms with van der Waals surface area (Å²) >= 11 is 0. The molecular weight excluding hydrogens is 249 g/mol. The fourth-order valence-corrected chi connectivity index (χ4v) is 4.26. The van der Waals surface area contributed by atoms with Crippen LogP contribution in [0.3, 0.4) is 0 Å². The maximum atomic E-state index is 14.6. The van der Waals surface area contributed by atoms with Gasteiger partial charge in [0.15, 0.2) is 0 Å². The number of hydrogen-bond acceptors (Lipinski definition) is 1. The summed E-state index contributed by atoms with van der Waals surface area (Å²) in [4.78, 5) is 0. The third-order valence-electron chi connectivity index (χ3n) is 5.61.